The highest BCUT2D eigenvalue weighted by atomic mass is 16.2. The number of amides is 3. The topological polar surface area (TPSA) is 58.4 Å². The highest BCUT2D eigenvalue weighted by Crippen LogP contribution is 2.21. The third-order valence-corrected chi connectivity index (χ3v) is 4.84. The van der Waals surface area contributed by atoms with Gasteiger partial charge in [0.1, 0.15) is 0 Å². The summed E-state index contributed by atoms with van der Waals surface area (Å²) < 4.78 is 1.77. The molecule has 0 aliphatic heterocycles. The summed E-state index contributed by atoms with van der Waals surface area (Å²) in [6, 6.07) is 18.4. The fourth-order valence-electron chi connectivity index (χ4n) is 3.56. The Morgan fingerprint density at radius 1 is 0.900 bits per heavy atom. The fourth-order valence-corrected chi connectivity index (χ4v) is 3.56. The van der Waals surface area contributed by atoms with Gasteiger partial charge in [-0.2, -0.15) is 0 Å². The van der Waals surface area contributed by atoms with Crippen LogP contribution < -0.4 is 4.90 Å². The average molecular weight is 405 g/mol. The Kier molecular flexibility index (Phi) is 6.67. The zero-order valence-corrected chi connectivity index (χ0v) is 17.9. The quantitative estimate of drug-likeness (QED) is 0.592. The number of imide groups is 1. The van der Waals surface area contributed by atoms with E-state index >= 15 is 0 Å². The molecule has 0 aliphatic rings. The van der Waals surface area contributed by atoms with Crippen LogP contribution in [0.1, 0.15) is 43.9 Å². The van der Waals surface area contributed by atoms with Gasteiger partial charge < -0.3 is 9.47 Å². The number of benzene rings is 2. The van der Waals surface area contributed by atoms with Crippen LogP contribution in [-0.4, -0.2) is 38.5 Å². The number of urea groups is 1. The van der Waals surface area contributed by atoms with Crippen LogP contribution in [0.15, 0.2) is 73.1 Å². The standard InChI is InChI=1S/C24H28N4O2/c1-18(2)27(19(3)4)24(30)28(21-13-9-6-10-14-21)23(29)22-25-15-16-26(22)17-20-11-7-5-8-12-20/h5-16,18-19H,17H2,1-4H3. The van der Waals surface area contributed by atoms with Crippen molar-refractivity contribution >= 4 is 17.6 Å². The van der Waals surface area contributed by atoms with E-state index in [9.17, 15) is 9.59 Å². The van der Waals surface area contributed by atoms with Crippen LogP contribution in [0.3, 0.4) is 0 Å². The van der Waals surface area contributed by atoms with Crippen molar-refractivity contribution in [3.05, 3.63) is 84.4 Å². The van der Waals surface area contributed by atoms with E-state index in [4.69, 9.17) is 0 Å². The van der Waals surface area contributed by atoms with E-state index in [1.807, 2.05) is 76.2 Å². The molecule has 3 aromatic rings. The molecule has 0 spiro atoms. The predicted octanol–water partition coefficient (Wildman–Crippen LogP) is 4.82. The van der Waals surface area contributed by atoms with Gasteiger partial charge in [-0.25, -0.2) is 14.7 Å². The number of rotatable bonds is 6. The van der Waals surface area contributed by atoms with Gasteiger partial charge in [-0.3, -0.25) is 4.79 Å². The first-order valence-corrected chi connectivity index (χ1v) is 10.2. The molecule has 0 aliphatic carbocycles. The molecule has 2 aromatic carbocycles. The minimum absolute atomic E-state index is 0.0550. The van der Waals surface area contributed by atoms with E-state index in [2.05, 4.69) is 4.98 Å². The first-order chi connectivity index (χ1) is 14.4. The van der Waals surface area contributed by atoms with Crippen molar-refractivity contribution in [2.24, 2.45) is 0 Å². The van der Waals surface area contributed by atoms with Crippen molar-refractivity contribution in [2.75, 3.05) is 4.90 Å². The summed E-state index contributed by atoms with van der Waals surface area (Å²) in [6.45, 7) is 8.28. The molecule has 0 bridgehead atoms. The lowest BCUT2D eigenvalue weighted by Crippen LogP contribution is -2.52. The maximum atomic E-state index is 13.6. The third-order valence-electron chi connectivity index (χ3n) is 4.84. The van der Waals surface area contributed by atoms with E-state index in [1.54, 1.807) is 34.0 Å². The highest BCUT2D eigenvalue weighted by molar-refractivity contribution is 6.19. The molecule has 0 fully saturated rings. The second kappa shape index (κ2) is 9.39. The zero-order valence-electron chi connectivity index (χ0n) is 17.9. The predicted molar refractivity (Wildman–Crippen MR) is 119 cm³/mol. The number of carbonyl (C=O) groups excluding carboxylic acids is 2. The average Bonchev–Trinajstić information content (AvgIpc) is 3.17. The van der Waals surface area contributed by atoms with Crippen LogP contribution in [-0.2, 0) is 6.54 Å². The molecule has 0 radical (unpaired) electrons. The fraction of sp³-hybridized carbons (Fsp3) is 0.292. The number of para-hydroxylation sites is 1. The Balaban J connectivity index is 2.00. The second-order valence-electron chi connectivity index (χ2n) is 7.72. The smallest absolute Gasteiger partial charge is 0.322 e. The van der Waals surface area contributed by atoms with Crippen molar-refractivity contribution in [1.82, 2.24) is 14.5 Å². The number of anilines is 1. The Bertz CT molecular complexity index is 973. The normalized spacial score (nSPS) is 11.0. The highest BCUT2D eigenvalue weighted by Gasteiger charge is 2.33. The molecule has 6 heteroatoms. The second-order valence-corrected chi connectivity index (χ2v) is 7.72. The van der Waals surface area contributed by atoms with Crippen LogP contribution in [0.4, 0.5) is 10.5 Å². The van der Waals surface area contributed by atoms with Gasteiger partial charge in [-0.05, 0) is 45.4 Å². The van der Waals surface area contributed by atoms with Crippen molar-refractivity contribution in [3.8, 4) is 0 Å². The van der Waals surface area contributed by atoms with E-state index in [0.29, 0.717) is 12.2 Å². The van der Waals surface area contributed by atoms with E-state index < -0.39 is 5.91 Å². The molecule has 3 amide bonds. The number of hydrogen-bond donors (Lipinski definition) is 0. The van der Waals surface area contributed by atoms with Crippen LogP contribution >= 0.6 is 0 Å². The van der Waals surface area contributed by atoms with Gasteiger partial charge in [-0.15, -0.1) is 0 Å². The summed E-state index contributed by atoms with van der Waals surface area (Å²) in [5, 5.41) is 0. The maximum absolute atomic E-state index is 13.6. The number of hydrogen-bond acceptors (Lipinski definition) is 3. The lowest BCUT2D eigenvalue weighted by molar-refractivity contribution is 0.0964. The molecule has 3 rings (SSSR count). The summed E-state index contributed by atoms with van der Waals surface area (Å²) in [6.07, 6.45) is 3.35. The van der Waals surface area contributed by atoms with Crippen molar-refractivity contribution in [2.45, 2.75) is 46.3 Å². The molecule has 0 atom stereocenters. The molecule has 0 saturated carbocycles. The minimum Gasteiger partial charge on any atom is -0.322 e. The van der Waals surface area contributed by atoms with Gasteiger partial charge in [0, 0.05) is 31.0 Å². The summed E-state index contributed by atoms with van der Waals surface area (Å²) in [5.74, 6) is -0.220. The Morgan fingerprint density at radius 2 is 1.47 bits per heavy atom. The minimum atomic E-state index is -0.446. The number of nitrogens with zero attached hydrogens (tertiary/aromatic N) is 4. The van der Waals surface area contributed by atoms with Crippen LogP contribution in [0.5, 0.6) is 0 Å². The van der Waals surface area contributed by atoms with E-state index in [0.717, 1.165) is 5.56 Å². The molecule has 30 heavy (non-hydrogen) atoms. The molecule has 1 aromatic heterocycles. The Labute approximate surface area is 177 Å². The van der Waals surface area contributed by atoms with Crippen molar-refractivity contribution in [3.63, 3.8) is 0 Å². The zero-order chi connectivity index (χ0) is 21.7. The number of carbonyl (C=O) groups is 2. The molecule has 0 unspecified atom stereocenters. The SMILES string of the molecule is CC(C)N(C(=O)N(C(=O)c1nccn1Cc1ccccc1)c1ccccc1)C(C)C. The van der Waals surface area contributed by atoms with Gasteiger partial charge in [0.05, 0.1) is 5.69 Å². The lowest BCUT2D eigenvalue weighted by Gasteiger charge is -2.35. The first kappa shape index (κ1) is 21.3. The molecule has 0 saturated heterocycles. The van der Waals surface area contributed by atoms with Gasteiger partial charge in [-0.1, -0.05) is 48.5 Å². The van der Waals surface area contributed by atoms with E-state index in [1.165, 1.54) is 4.90 Å². The Hall–Kier alpha value is -3.41. The Morgan fingerprint density at radius 3 is 2.03 bits per heavy atom. The van der Waals surface area contributed by atoms with Crippen LogP contribution in [0.2, 0.25) is 0 Å². The van der Waals surface area contributed by atoms with Gasteiger partial charge in [0.25, 0.3) is 0 Å². The van der Waals surface area contributed by atoms with Crippen LogP contribution in [0.25, 0.3) is 0 Å². The third kappa shape index (κ3) is 4.59. The molecule has 1 heterocycles. The van der Waals surface area contributed by atoms with Crippen LogP contribution in [0, 0.1) is 0 Å². The van der Waals surface area contributed by atoms with Crippen molar-refractivity contribution < 1.29 is 9.59 Å². The molecule has 0 N–H and O–H groups in total. The summed E-state index contributed by atoms with van der Waals surface area (Å²) in [4.78, 5) is 34.4. The lowest BCUT2D eigenvalue weighted by atomic mass is 10.2. The molecular weight excluding hydrogens is 376 g/mol. The molecular formula is C24H28N4O2. The summed E-state index contributed by atoms with van der Waals surface area (Å²) >= 11 is 0. The largest absolute Gasteiger partial charge is 0.332 e. The maximum Gasteiger partial charge on any atom is 0.332 e. The van der Waals surface area contributed by atoms with E-state index in [-0.39, 0.29) is 23.9 Å². The van der Waals surface area contributed by atoms with Crippen molar-refractivity contribution in [1.29, 1.82) is 0 Å². The van der Waals surface area contributed by atoms with Gasteiger partial charge in [0.15, 0.2) is 5.82 Å². The number of aromatic nitrogens is 2. The number of imidazole rings is 1. The first-order valence-electron chi connectivity index (χ1n) is 10.2. The monoisotopic (exact) mass is 404 g/mol. The molecule has 6 nitrogen and oxygen atoms in total. The van der Waals surface area contributed by atoms with Gasteiger partial charge >= 0.3 is 11.9 Å². The van der Waals surface area contributed by atoms with Gasteiger partial charge in [0.2, 0.25) is 0 Å². The summed E-state index contributed by atoms with van der Waals surface area (Å²) in [7, 11) is 0. The molecule has 156 valence electrons. The summed E-state index contributed by atoms with van der Waals surface area (Å²) in [5.41, 5.74) is 1.57.